The Morgan fingerprint density at radius 3 is 2.50 bits per heavy atom. The van der Waals surface area contributed by atoms with Gasteiger partial charge in [-0.25, -0.2) is 4.98 Å². The van der Waals surface area contributed by atoms with E-state index in [1.54, 1.807) is 18.3 Å². The van der Waals surface area contributed by atoms with Gasteiger partial charge in [-0.2, -0.15) is 0 Å². The van der Waals surface area contributed by atoms with Gasteiger partial charge in [-0.3, -0.25) is 14.6 Å². The van der Waals surface area contributed by atoms with Gasteiger partial charge in [0.1, 0.15) is 10.5 Å². The summed E-state index contributed by atoms with van der Waals surface area (Å²) in [5, 5.41) is 3.71. The first-order chi connectivity index (χ1) is 14.5. The number of nitrogens with zero attached hydrogens (tertiary/aromatic N) is 3. The molecule has 0 bridgehead atoms. The molecule has 1 fully saturated rings. The van der Waals surface area contributed by atoms with Crippen LogP contribution in [0.2, 0.25) is 5.02 Å². The smallest absolute Gasteiger partial charge is 0.224 e. The van der Waals surface area contributed by atoms with Gasteiger partial charge in [-0.05, 0) is 43.5 Å². The molecule has 30 heavy (non-hydrogen) atoms. The maximum Gasteiger partial charge on any atom is 0.224 e. The van der Waals surface area contributed by atoms with E-state index < -0.39 is 5.54 Å². The lowest BCUT2D eigenvalue weighted by molar-refractivity contribution is -0.118. The number of aryl methyl sites for hydroxylation is 1. The minimum atomic E-state index is -0.456. The first-order valence-corrected chi connectivity index (χ1v) is 11.5. The van der Waals surface area contributed by atoms with Gasteiger partial charge in [0.2, 0.25) is 5.91 Å². The molecule has 0 N–H and O–H groups in total. The van der Waals surface area contributed by atoms with Gasteiger partial charge < -0.3 is 0 Å². The molecule has 4 nitrogen and oxygen atoms in total. The second-order valence-electron chi connectivity index (χ2n) is 7.92. The number of hydrogen-bond acceptors (Lipinski definition) is 4. The fourth-order valence-electron chi connectivity index (χ4n) is 4.37. The topological polar surface area (TPSA) is 36.4 Å². The van der Waals surface area contributed by atoms with Crippen molar-refractivity contribution in [1.29, 1.82) is 0 Å². The molecule has 1 aliphatic rings. The van der Waals surface area contributed by atoms with Crippen molar-refractivity contribution in [2.75, 3.05) is 18.0 Å². The van der Waals surface area contributed by atoms with E-state index in [-0.39, 0.29) is 5.91 Å². The second kappa shape index (κ2) is 8.88. The zero-order valence-corrected chi connectivity index (χ0v) is 18.9. The number of carbonyl (C=O) groups excluding carboxylic acids is 1. The van der Waals surface area contributed by atoms with Gasteiger partial charge in [0, 0.05) is 48.3 Å². The summed E-state index contributed by atoms with van der Waals surface area (Å²) in [5.74, 6) is 0.0154. The number of amides is 1. The van der Waals surface area contributed by atoms with Gasteiger partial charge in [0.25, 0.3) is 0 Å². The molecule has 0 spiro atoms. The lowest BCUT2D eigenvalue weighted by Crippen LogP contribution is -2.55. The van der Waals surface area contributed by atoms with Crippen LogP contribution in [0.25, 0.3) is 0 Å². The van der Waals surface area contributed by atoms with Gasteiger partial charge >= 0.3 is 0 Å². The lowest BCUT2D eigenvalue weighted by Gasteiger charge is -2.47. The van der Waals surface area contributed by atoms with E-state index in [9.17, 15) is 4.79 Å². The molecule has 156 valence electrons. The summed E-state index contributed by atoms with van der Waals surface area (Å²) in [4.78, 5) is 22.2. The Kier molecular flexibility index (Phi) is 6.23. The van der Waals surface area contributed by atoms with Crippen LogP contribution >= 0.6 is 22.9 Å². The van der Waals surface area contributed by atoms with Gasteiger partial charge in [-0.1, -0.05) is 48.0 Å². The van der Waals surface area contributed by atoms with Crippen LogP contribution in [0.1, 0.15) is 36.0 Å². The predicted molar refractivity (Wildman–Crippen MR) is 124 cm³/mol. The van der Waals surface area contributed by atoms with Crippen molar-refractivity contribution in [2.24, 2.45) is 0 Å². The number of thiazole rings is 1. The summed E-state index contributed by atoms with van der Waals surface area (Å²) in [6.45, 7) is 6.37. The van der Waals surface area contributed by atoms with Gasteiger partial charge in [-0.15, -0.1) is 11.3 Å². The fraction of sp³-hybridized carbons (Fsp3) is 0.333. The standard InChI is InChI=1S/C24H26ClN3OS/c1-18-17-30-23(26-18)24(28(19(2)29)22-10-6-9-21(25)15-22)11-13-27(14-12-24)16-20-7-4-3-5-8-20/h3-10,15,17H,11-14,16H2,1-2H3. The number of aromatic nitrogens is 1. The third-order valence-corrected chi connectivity index (χ3v) is 7.15. The molecule has 0 unspecified atom stereocenters. The van der Waals surface area contributed by atoms with Crippen LogP contribution in [0.4, 0.5) is 5.69 Å². The lowest BCUT2D eigenvalue weighted by atomic mass is 9.85. The van der Waals surface area contributed by atoms with E-state index in [0.717, 1.165) is 48.9 Å². The maximum atomic E-state index is 13.0. The molecular formula is C24H26ClN3OS. The molecular weight excluding hydrogens is 414 g/mol. The van der Waals surface area contributed by atoms with E-state index in [1.807, 2.05) is 42.2 Å². The Morgan fingerprint density at radius 1 is 1.17 bits per heavy atom. The highest BCUT2D eigenvalue weighted by atomic mass is 35.5. The number of halogens is 1. The zero-order valence-electron chi connectivity index (χ0n) is 17.3. The van der Waals surface area contributed by atoms with Crippen LogP contribution in [-0.2, 0) is 16.9 Å². The van der Waals surface area contributed by atoms with E-state index in [0.29, 0.717) is 5.02 Å². The quantitative estimate of drug-likeness (QED) is 0.515. The Morgan fingerprint density at radius 2 is 1.90 bits per heavy atom. The molecule has 0 radical (unpaired) electrons. The normalized spacial score (nSPS) is 16.4. The molecule has 1 saturated heterocycles. The SMILES string of the molecule is CC(=O)N(c1cccc(Cl)c1)C1(c2nc(C)cs2)CCN(Cc2ccccc2)CC1. The van der Waals surface area contributed by atoms with Crippen LogP contribution in [0.15, 0.2) is 60.0 Å². The molecule has 2 heterocycles. The molecule has 6 heteroatoms. The average molecular weight is 440 g/mol. The van der Waals surface area contributed by atoms with Crippen molar-refractivity contribution in [1.82, 2.24) is 9.88 Å². The monoisotopic (exact) mass is 439 g/mol. The maximum absolute atomic E-state index is 13.0. The molecule has 1 aromatic heterocycles. The highest BCUT2D eigenvalue weighted by Crippen LogP contribution is 2.43. The highest BCUT2D eigenvalue weighted by molar-refractivity contribution is 7.09. The number of piperidine rings is 1. The summed E-state index contributed by atoms with van der Waals surface area (Å²) in [6, 6.07) is 18.1. The number of anilines is 1. The summed E-state index contributed by atoms with van der Waals surface area (Å²) in [5.41, 5.74) is 2.69. The Bertz CT molecular complexity index is 1010. The first kappa shape index (κ1) is 21.0. The van der Waals surface area contributed by atoms with E-state index in [2.05, 4.69) is 34.5 Å². The van der Waals surface area contributed by atoms with Crippen LogP contribution in [0, 0.1) is 6.92 Å². The van der Waals surface area contributed by atoms with Crippen molar-refractivity contribution in [3.05, 3.63) is 81.3 Å². The minimum absolute atomic E-state index is 0.0154. The van der Waals surface area contributed by atoms with Crippen molar-refractivity contribution < 1.29 is 4.79 Å². The minimum Gasteiger partial charge on any atom is -0.300 e. The molecule has 0 aliphatic carbocycles. The summed E-state index contributed by atoms with van der Waals surface area (Å²) < 4.78 is 0. The third kappa shape index (κ3) is 4.29. The molecule has 1 amide bonds. The first-order valence-electron chi connectivity index (χ1n) is 10.2. The summed E-state index contributed by atoms with van der Waals surface area (Å²) in [7, 11) is 0. The van der Waals surface area contributed by atoms with E-state index >= 15 is 0 Å². The number of carbonyl (C=O) groups is 1. The highest BCUT2D eigenvalue weighted by Gasteiger charge is 2.45. The number of likely N-dealkylation sites (tertiary alicyclic amines) is 1. The largest absolute Gasteiger partial charge is 0.300 e. The van der Waals surface area contributed by atoms with Crippen LogP contribution in [0.3, 0.4) is 0 Å². The van der Waals surface area contributed by atoms with E-state index in [1.165, 1.54) is 5.56 Å². The predicted octanol–water partition coefficient (Wildman–Crippen LogP) is 5.65. The Hall–Kier alpha value is -2.21. The van der Waals surface area contributed by atoms with Crippen LogP contribution in [-0.4, -0.2) is 28.9 Å². The van der Waals surface area contributed by atoms with Gasteiger partial charge in [0.15, 0.2) is 0 Å². The van der Waals surface area contributed by atoms with E-state index in [4.69, 9.17) is 16.6 Å². The Balaban J connectivity index is 1.67. The van der Waals surface area contributed by atoms with Gasteiger partial charge in [0.05, 0.1) is 0 Å². The van der Waals surface area contributed by atoms with Crippen molar-refractivity contribution >= 4 is 34.5 Å². The molecule has 2 aromatic carbocycles. The molecule has 0 saturated carbocycles. The molecule has 4 rings (SSSR count). The van der Waals surface area contributed by atoms with Crippen LogP contribution in [0.5, 0.6) is 0 Å². The zero-order chi connectivity index (χ0) is 21.1. The van der Waals surface area contributed by atoms with Crippen LogP contribution < -0.4 is 4.90 Å². The molecule has 3 aromatic rings. The van der Waals surface area contributed by atoms with Crippen molar-refractivity contribution in [2.45, 2.75) is 38.8 Å². The average Bonchev–Trinajstić information content (AvgIpc) is 3.17. The number of rotatable bonds is 5. The second-order valence-corrected chi connectivity index (χ2v) is 9.22. The third-order valence-electron chi connectivity index (χ3n) is 5.76. The summed E-state index contributed by atoms with van der Waals surface area (Å²) in [6.07, 6.45) is 1.66. The number of benzene rings is 2. The number of hydrogen-bond donors (Lipinski definition) is 0. The molecule has 0 atom stereocenters. The molecule has 1 aliphatic heterocycles. The fourth-order valence-corrected chi connectivity index (χ4v) is 5.60. The van der Waals surface area contributed by atoms with Crippen molar-refractivity contribution in [3.8, 4) is 0 Å². The van der Waals surface area contributed by atoms with Crippen molar-refractivity contribution in [3.63, 3.8) is 0 Å². The summed E-state index contributed by atoms with van der Waals surface area (Å²) >= 11 is 7.93. The Labute approximate surface area is 187 Å².